The van der Waals surface area contributed by atoms with Gasteiger partial charge in [0.1, 0.15) is 0 Å². The first-order valence-corrected chi connectivity index (χ1v) is 6.78. The van der Waals surface area contributed by atoms with Crippen molar-refractivity contribution < 1.29 is 4.74 Å². The molecule has 4 heteroatoms. The zero-order valence-corrected chi connectivity index (χ0v) is 12.5. The lowest BCUT2D eigenvalue weighted by atomic mass is 9.93. The maximum absolute atomic E-state index is 6.08. The second kappa shape index (κ2) is 6.95. The largest absolute Gasteiger partial charge is 0.478 e. The summed E-state index contributed by atoms with van der Waals surface area (Å²) >= 11 is 6.08. The number of rotatable bonds is 6. The maximum atomic E-state index is 6.08. The second-order valence-electron chi connectivity index (χ2n) is 5.55. The molecule has 18 heavy (non-hydrogen) atoms. The summed E-state index contributed by atoms with van der Waals surface area (Å²) in [5.74, 6) is 0.650. The van der Waals surface area contributed by atoms with Crippen LogP contribution >= 0.6 is 11.6 Å². The van der Waals surface area contributed by atoms with Crippen LogP contribution in [0.5, 0.6) is 5.88 Å². The minimum Gasteiger partial charge on any atom is -0.478 e. The molecule has 102 valence electrons. The summed E-state index contributed by atoms with van der Waals surface area (Å²) in [6.07, 6.45) is 2.65. The van der Waals surface area contributed by atoms with Crippen LogP contribution in [0.3, 0.4) is 0 Å². The van der Waals surface area contributed by atoms with Gasteiger partial charge in [-0.1, -0.05) is 39.3 Å². The van der Waals surface area contributed by atoms with Crippen LogP contribution in [0.4, 0.5) is 0 Å². The van der Waals surface area contributed by atoms with Crippen molar-refractivity contribution in [1.82, 2.24) is 10.3 Å². The Morgan fingerprint density at radius 2 is 2.11 bits per heavy atom. The molecular formula is C14H23ClN2O. The highest BCUT2D eigenvalue weighted by Gasteiger charge is 2.10. The fourth-order valence-electron chi connectivity index (χ4n) is 1.39. The second-order valence-corrected chi connectivity index (χ2v) is 5.96. The highest BCUT2D eigenvalue weighted by molar-refractivity contribution is 6.31. The monoisotopic (exact) mass is 270 g/mol. The zero-order chi connectivity index (χ0) is 13.6. The van der Waals surface area contributed by atoms with E-state index in [9.17, 15) is 0 Å². The Bertz CT molecular complexity index is 375. The van der Waals surface area contributed by atoms with Gasteiger partial charge in [-0.2, -0.15) is 0 Å². The minimum absolute atomic E-state index is 0.277. The molecule has 1 rings (SSSR count). The van der Waals surface area contributed by atoms with Gasteiger partial charge in [0.25, 0.3) is 0 Å². The number of nitrogens with one attached hydrogen (secondary N) is 1. The van der Waals surface area contributed by atoms with Crippen LogP contribution in [0.2, 0.25) is 5.02 Å². The summed E-state index contributed by atoms with van der Waals surface area (Å²) < 4.78 is 5.66. The van der Waals surface area contributed by atoms with Crippen molar-refractivity contribution in [1.29, 1.82) is 0 Å². The van der Waals surface area contributed by atoms with Gasteiger partial charge >= 0.3 is 0 Å². The average Bonchev–Trinajstić information content (AvgIpc) is 2.28. The number of halogens is 1. The van der Waals surface area contributed by atoms with E-state index in [-0.39, 0.29) is 5.41 Å². The van der Waals surface area contributed by atoms with Gasteiger partial charge in [0.15, 0.2) is 0 Å². The van der Waals surface area contributed by atoms with Crippen molar-refractivity contribution >= 4 is 11.6 Å². The van der Waals surface area contributed by atoms with Gasteiger partial charge in [0, 0.05) is 18.8 Å². The van der Waals surface area contributed by atoms with E-state index in [2.05, 4.69) is 38.0 Å². The fourth-order valence-corrected chi connectivity index (χ4v) is 1.56. The Morgan fingerprint density at radius 3 is 2.72 bits per heavy atom. The lowest BCUT2D eigenvalue weighted by Crippen LogP contribution is -2.13. The van der Waals surface area contributed by atoms with Crippen LogP contribution in [-0.4, -0.2) is 18.1 Å². The lowest BCUT2D eigenvalue weighted by molar-refractivity contribution is 0.236. The molecule has 3 nitrogen and oxygen atoms in total. The molecule has 0 radical (unpaired) electrons. The SMILES string of the molecule is CCNCc1cc(OCCC(C)(C)C)ncc1Cl. The topological polar surface area (TPSA) is 34.1 Å². The molecule has 1 heterocycles. The minimum atomic E-state index is 0.277. The molecule has 0 aliphatic heterocycles. The van der Waals surface area contributed by atoms with Crippen molar-refractivity contribution in [3.05, 3.63) is 22.8 Å². The number of ether oxygens (including phenoxy) is 1. The molecule has 0 saturated carbocycles. The molecule has 0 fully saturated rings. The van der Waals surface area contributed by atoms with Gasteiger partial charge in [-0.25, -0.2) is 4.98 Å². The molecule has 0 amide bonds. The number of nitrogens with zero attached hydrogens (tertiary/aromatic N) is 1. The summed E-state index contributed by atoms with van der Waals surface area (Å²) in [5.41, 5.74) is 1.30. The molecule has 0 spiro atoms. The van der Waals surface area contributed by atoms with E-state index in [1.165, 1.54) is 0 Å². The number of hydrogen-bond donors (Lipinski definition) is 1. The van der Waals surface area contributed by atoms with Crippen LogP contribution in [0.15, 0.2) is 12.3 Å². The Balaban J connectivity index is 2.56. The van der Waals surface area contributed by atoms with Crippen molar-refractivity contribution in [3.8, 4) is 5.88 Å². The Morgan fingerprint density at radius 1 is 1.39 bits per heavy atom. The summed E-state index contributed by atoms with van der Waals surface area (Å²) in [6, 6.07) is 1.91. The standard InChI is InChI=1S/C14H23ClN2O/c1-5-16-9-11-8-13(17-10-12(11)15)18-7-6-14(2,3)4/h8,10,16H,5-7,9H2,1-4H3. The normalized spacial score (nSPS) is 11.6. The van der Waals surface area contributed by atoms with Gasteiger partial charge in [-0.3, -0.25) is 0 Å². The van der Waals surface area contributed by atoms with Crippen molar-refractivity contribution in [3.63, 3.8) is 0 Å². The molecular weight excluding hydrogens is 248 g/mol. The molecule has 0 aromatic carbocycles. The lowest BCUT2D eigenvalue weighted by Gasteiger charge is -2.18. The molecule has 0 saturated heterocycles. The van der Waals surface area contributed by atoms with Gasteiger partial charge < -0.3 is 10.1 Å². The summed E-state index contributed by atoms with van der Waals surface area (Å²) in [7, 11) is 0. The summed E-state index contributed by atoms with van der Waals surface area (Å²) in [6.45, 7) is 11.0. The van der Waals surface area contributed by atoms with E-state index >= 15 is 0 Å². The van der Waals surface area contributed by atoms with E-state index in [1.54, 1.807) is 6.20 Å². The third kappa shape index (κ3) is 5.69. The molecule has 1 aromatic heterocycles. The molecule has 0 aliphatic carbocycles. The first-order chi connectivity index (χ1) is 8.42. The molecule has 1 N–H and O–H groups in total. The Hall–Kier alpha value is -0.800. The number of aromatic nitrogens is 1. The predicted octanol–water partition coefficient (Wildman–Crippen LogP) is 3.66. The fraction of sp³-hybridized carbons (Fsp3) is 0.643. The summed E-state index contributed by atoms with van der Waals surface area (Å²) in [5, 5.41) is 3.92. The Labute approximate surface area is 115 Å². The van der Waals surface area contributed by atoms with Crippen molar-refractivity contribution in [2.45, 2.75) is 40.7 Å². The molecule has 1 aromatic rings. The third-order valence-electron chi connectivity index (χ3n) is 2.58. The maximum Gasteiger partial charge on any atom is 0.213 e. The van der Waals surface area contributed by atoms with Crippen LogP contribution in [0, 0.1) is 5.41 Å². The van der Waals surface area contributed by atoms with Crippen LogP contribution < -0.4 is 10.1 Å². The van der Waals surface area contributed by atoms with Gasteiger partial charge in [-0.05, 0) is 23.9 Å². The highest BCUT2D eigenvalue weighted by atomic mass is 35.5. The van der Waals surface area contributed by atoms with Crippen LogP contribution in [0.25, 0.3) is 0 Å². The van der Waals surface area contributed by atoms with E-state index in [0.29, 0.717) is 17.5 Å². The van der Waals surface area contributed by atoms with Gasteiger partial charge in [0.2, 0.25) is 5.88 Å². The summed E-state index contributed by atoms with van der Waals surface area (Å²) in [4.78, 5) is 4.18. The Kier molecular flexibility index (Phi) is 5.89. The van der Waals surface area contributed by atoms with Crippen molar-refractivity contribution in [2.24, 2.45) is 5.41 Å². The van der Waals surface area contributed by atoms with Gasteiger partial charge in [-0.15, -0.1) is 0 Å². The highest BCUT2D eigenvalue weighted by Crippen LogP contribution is 2.21. The van der Waals surface area contributed by atoms with E-state index < -0.39 is 0 Å². The van der Waals surface area contributed by atoms with Crippen LogP contribution in [-0.2, 0) is 6.54 Å². The molecule has 0 unspecified atom stereocenters. The predicted molar refractivity (Wildman–Crippen MR) is 76.2 cm³/mol. The van der Waals surface area contributed by atoms with Crippen LogP contribution in [0.1, 0.15) is 39.7 Å². The first-order valence-electron chi connectivity index (χ1n) is 6.40. The van der Waals surface area contributed by atoms with Gasteiger partial charge in [0.05, 0.1) is 11.6 Å². The molecule has 0 aliphatic rings. The smallest absolute Gasteiger partial charge is 0.213 e. The van der Waals surface area contributed by atoms with E-state index in [0.717, 1.165) is 25.1 Å². The number of hydrogen-bond acceptors (Lipinski definition) is 3. The third-order valence-corrected chi connectivity index (χ3v) is 2.92. The van der Waals surface area contributed by atoms with E-state index in [4.69, 9.17) is 16.3 Å². The van der Waals surface area contributed by atoms with E-state index in [1.807, 2.05) is 6.07 Å². The quantitative estimate of drug-likeness (QED) is 0.857. The zero-order valence-electron chi connectivity index (χ0n) is 11.7. The average molecular weight is 271 g/mol. The molecule has 0 bridgehead atoms. The first kappa shape index (κ1) is 15.3. The number of pyridine rings is 1. The molecule has 0 atom stereocenters. The van der Waals surface area contributed by atoms with Crippen molar-refractivity contribution in [2.75, 3.05) is 13.2 Å².